The van der Waals surface area contributed by atoms with Crippen LogP contribution in [0.25, 0.3) is 0 Å². The normalized spacial score (nSPS) is 17.5. The van der Waals surface area contributed by atoms with Crippen molar-refractivity contribution in [2.24, 2.45) is 0 Å². The van der Waals surface area contributed by atoms with E-state index in [0.717, 1.165) is 6.42 Å². The van der Waals surface area contributed by atoms with Gasteiger partial charge >= 0.3 is 12.0 Å². The van der Waals surface area contributed by atoms with Crippen LogP contribution in [0.15, 0.2) is 24.3 Å². The Balaban J connectivity index is 1.80. The summed E-state index contributed by atoms with van der Waals surface area (Å²) in [5.41, 5.74) is 0.601. The molecule has 2 amide bonds. The highest BCUT2D eigenvalue weighted by Gasteiger charge is 2.17. The van der Waals surface area contributed by atoms with Crippen molar-refractivity contribution in [3.05, 3.63) is 24.3 Å². The van der Waals surface area contributed by atoms with E-state index >= 15 is 0 Å². The van der Waals surface area contributed by atoms with E-state index < -0.39 is 12.6 Å². The molecule has 0 saturated carbocycles. The molecule has 1 aliphatic heterocycles. The maximum Gasteiger partial charge on any atom is 0.341 e. The van der Waals surface area contributed by atoms with E-state index in [1.54, 1.807) is 24.3 Å². The lowest BCUT2D eigenvalue weighted by Crippen LogP contribution is -2.38. The molecule has 7 heteroatoms. The molecule has 0 spiro atoms. The summed E-state index contributed by atoms with van der Waals surface area (Å²) in [6.45, 7) is 0.810. The van der Waals surface area contributed by atoms with E-state index in [0.29, 0.717) is 24.7 Å². The molecule has 1 heterocycles. The third kappa shape index (κ3) is 4.43. The van der Waals surface area contributed by atoms with Crippen molar-refractivity contribution in [2.75, 3.05) is 25.1 Å². The number of hydrogen-bond donors (Lipinski definition) is 3. The van der Waals surface area contributed by atoms with Crippen molar-refractivity contribution >= 4 is 17.7 Å². The Hall–Kier alpha value is -2.28. The Labute approximate surface area is 115 Å². The standard InChI is InChI=1S/C13H16N2O5/c16-12(17)8-20-11-3-1-9(2-4-11)14-13(18)15-10-5-6-19-7-10/h1-4,10H,5-8H2,(H,16,17)(H2,14,15,18). The first kappa shape index (κ1) is 14.1. The molecule has 1 fully saturated rings. The van der Waals surface area contributed by atoms with Gasteiger partial charge in [-0.3, -0.25) is 0 Å². The Morgan fingerprint density at radius 1 is 1.35 bits per heavy atom. The van der Waals surface area contributed by atoms with Crippen molar-refractivity contribution in [3.8, 4) is 5.75 Å². The lowest BCUT2D eigenvalue weighted by atomic mass is 10.2. The first-order chi connectivity index (χ1) is 9.63. The molecule has 0 aliphatic carbocycles. The molecule has 0 bridgehead atoms. The number of carboxylic acids is 1. The fourth-order valence-electron chi connectivity index (χ4n) is 1.78. The molecule has 1 aromatic carbocycles. The van der Waals surface area contributed by atoms with Gasteiger partial charge < -0.3 is 25.2 Å². The van der Waals surface area contributed by atoms with Crippen LogP contribution >= 0.6 is 0 Å². The third-order valence-corrected chi connectivity index (χ3v) is 2.74. The minimum absolute atomic E-state index is 0.0492. The number of ether oxygens (including phenoxy) is 2. The van der Waals surface area contributed by atoms with E-state index in [2.05, 4.69) is 10.6 Å². The first-order valence-electron chi connectivity index (χ1n) is 6.23. The highest BCUT2D eigenvalue weighted by atomic mass is 16.5. The average molecular weight is 280 g/mol. The highest BCUT2D eigenvalue weighted by molar-refractivity contribution is 5.89. The van der Waals surface area contributed by atoms with Crippen molar-refractivity contribution < 1.29 is 24.2 Å². The van der Waals surface area contributed by atoms with Crippen LogP contribution in [0.4, 0.5) is 10.5 Å². The number of hydrogen-bond acceptors (Lipinski definition) is 4. The molecule has 1 aliphatic rings. The third-order valence-electron chi connectivity index (χ3n) is 2.74. The Kier molecular flexibility index (Phi) is 4.78. The Bertz CT molecular complexity index is 468. The molecule has 3 N–H and O–H groups in total. The number of urea groups is 1. The largest absolute Gasteiger partial charge is 0.482 e. The highest BCUT2D eigenvalue weighted by Crippen LogP contribution is 2.15. The molecule has 20 heavy (non-hydrogen) atoms. The number of benzene rings is 1. The summed E-state index contributed by atoms with van der Waals surface area (Å²) in [7, 11) is 0. The number of carboxylic acid groups (broad SMARTS) is 1. The molecule has 1 atom stereocenters. The number of nitrogens with one attached hydrogen (secondary N) is 2. The molecular weight excluding hydrogens is 264 g/mol. The summed E-state index contributed by atoms with van der Waals surface area (Å²) in [5, 5.41) is 14.0. The molecule has 0 radical (unpaired) electrons. The fraction of sp³-hybridized carbons (Fsp3) is 0.385. The zero-order valence-corrected chi connectivity index (χ0v) is 10.8. The average Bonchev–Trinajstić information content (AvgIpc) is 2.90. The van der Waals surface area contributed by atoms with Gasteiger partial charge in [-0.2, -0.15) is 0 Å². The molecule has 1 saturated heterocycles. The fourth-order valence-corrected chi connectivity index (χ4v) is 1.78. The Morgan fingerprint density at radius 3 is 2.70 bits per heavy atom. The molecule has 108 valence electrons. The van der Waals surface area contributed by atoms with Crippen LogP contribution in [0.2, 0.25) is 0 Å². The summed E-state index contributed by atoms with van der Waals surface area (Å²) in [6.07, 6.45) is 0.815. The minimum atomic E-state index is -1.04. The topological polar surface area (TPSA) is 96.9 Å². The molecule has 1 unspecified atom stereocenters. The molecule has 2 rings (SSSR count). The summed E-state index contributed by atoms with van der Waals surface area (Å²) >= 11 is 0. The predicted molar refractivity (Wildman–Crippen MR) is 71.0 cm³/mol. The number of carbonyl (C=O) groups excluding carboxylic acids is 1. The zero-order chi connectivity index (χ0) is 14.4. The van der Waals surface area contributed by atoms with Crippen molar-refractivity contribution in [2.45, 2.75) is 12.5 Å². The maximum absolute atomic E-state index is 11.7. The first-order valence-corrected chi connectivity index (χ1v) is 6.23. The van der Waals surface area contributed by atoms with Gasteiger partial charge in [0.1, 0.15) is 5.75 Å². The van der Waals surface area contributed by atoms with Gasteiger partial charge in [-0.1, -0.05) is 0 Å². The SMILES string of the molecule is O=C(O)COc1ccc(NC(=O)NC2CCOC2)cc1. The summed E-state index contributed by atoms with van der Waals surface area (Å²) in [6, 6.07) is 6.23. The van der Waals surface area contributed by atoms with E-state index in [1.807, 2.05) is 0 Å². The lowest BCUT2D eigenvalue weighted by Gasteiger charge is -2.12. The van der Waals surface area contributed by atoms with Gasteiger partial charge in [-0.05, 0) is 30.7 Å². The molecular formula is C13H16N2O5. The monoisotopic (exact) mass is 280 g/mol. The van der Waals surface area contributed by atoms with Gasteiger partial charge in [0.25, 0.3) is 0 Å². The second-order valence-electron chi connectivity index (χ2n) is 4.37. The van der Waals surface area contributed by atoms with Gasteiger partial charge in [-0.15, -0.1) is 0 Å². The van der Waals surface area contributed by atoms with E-state index in [-0.39, 0.29) is 12.1 Å². The number of aliphatic carboxylic acids is 1. The predicted octanol–water partition coefficient (Wildman–Crippen LogP) is 1.06. The smallest absolute Gasteiger partial charge is 0.341 e. The maximum atomic E-state index is 11.7. The Morgan fingerprint density at radius 2 is 2.10 bits per heavy atom. The van der Waals surface area contributed by atoms with E-state index in [4.69, 9.17) is 14.6 Å². The quantitative estimate of drug-likeness (QED) is 0.749. The van der Waals surface area contributed by atoms with Crippen LogP contribution < -0.4 is 15.4 Å². The van der Waals surface area contributed by atoms with Gasteiger partial charge in [0.2, 0.25) is 0 Å². The summed E-state index contributed by atoms with van der Waals surface area (Å²) in [5.74, 6) is -0.604. The van der Waals surface area contributed by atoms with Crippen LogP contribution in [-0.2, 0) is 9.53 Å². The van der Waals surface area contributed by atoms with Gasteiger partial charge in [-0.25, -0.2) is 9.59 Å². The van der Waals surface area contributed by atoms with Gasteiger partial charge in [0.15, 0.2) is 6.61 Å². The van der Waals surface area contributed by atoms with Crippen molar-refractivity contribution in [1.82, 2.24) is 5.32 Å². The van der Waals surface area contributed by atoms with Crippen molar-refractivity contribution in [1.29, 1.82) is 0 Å². The van der Waals surface area contributed by atoms with Crippen molar-refractivity contribution in [3.63, 3.8) is 0 Å². The summed E-state index contributed by atoms with van der Waals surface area (Å²) in [4.78, 5) is 22.0. The lowest BCUT2D eigenvalue weighted by molar-refractivity contribution is -0.139. The second-order valence-corrected chi connectivity index (χ2v) is 4.37. The molecule has 1 aromatic rings. The molecule has 7 nitrogen and oxygen atoms in total. The van der Waals surface area contributed by atoms with Crippen LogP contribution in [-0.4, -0.2) is 43.0 Å². The number of amides is 2. The van der Waals surface area contributed by atoms with Crippen LogP contribution in [0.5, 0.6) is 5.75 Å². The minimum Gasteiger partial charge on any atom is -0.482 e. The van der Waals surface area contributed by atoms with Gasteiger partial charge in [0, 0.05) is 12.3 Å². The van der Waals surface area contributed by atoms with Crippen LogP contribution in [0.1, 0.15) is 6.42 Å². The summed E-state index contributed by atoms with van der Waals surface area (Å²) < 4.78 is 10.2. The zero-order valence-electron chi connectivity index (χ0n) is 10.8. The number of carbonyl (C=O) groups is 2. The number of anilines is 1. The number of rotatable bonds is 5. The van der Waals surface area contributed by atoms with Gasteiger partial charge in [0.05, 0.1) is 12.6 Å². The molecule has 0 aromatic heterocycles. The van der Waals surface area contributed by atoms with E-state index in [1.165, 1.54) is 0 Å². The second kappa shape index (κ2) is 6.76. The van der Waals surface area contributed by atoms with Crippen LogP contribution in [0.3, 0.4) is 0 Å². The van der Waals surface area contributed by atoms with E-state index in [9.17, 15) is 9.59 Å². The van der Waals surface area contributed by atoms with Crippen LogP contribution in [0, 0.1) is 0 Å².